The summed E-state index contributed by atoms with van der Waals surface area (Å²) in [7, 11) is 0. The van der Waals surface area contributed by atoms with Crippen molar-refractivity contribution >= 4 is 11.3 Å². The molecule has 1 aliphatic carbocycles. The first kappa shape index (κ1) is 13.0. The average molecular weight is 254 g/mol. The van der Waals surface area contributed by atoms with E-state index in [1.54, 1.807) is 11.3 Å². The summed E-state index contributed by atoms with van der Waals surface area (Å²) in [5.74, 6) is 0. The Bertz CT molecular complexity index is 332. The molecule has 1 aliphatic rings. The van der Waals surface area contributed by atoms with Gasteiger partial charge in [-0.2, -0.15) is 0 Å². The summed E-state index contributed by atoms with van der Waals surface area (Å²) in [6.45, 7) is 2.85. The number of nitrogens with zero attached hydrogens (tertiary/aromatic N) is 1. The van der Waals surface area contributed by atoms with Crippen LogP contribution in [-0.4, -0.2) is 17.1 Å². The predicted octanol–water partition coefficient (Wildman–Crippen LogP) is 2.88. The number of hydrogen-bond donors (Lipinski definition) is 1. The van der Waals surface area contributed by atoms with E-state index in [1.165, 1.54) is 5.01 Å². The Morgan fingerprint density at radius 2 is 2.18 bits per heavy atom. The molecular formula is C13H22N2OS. The Labute approximate surface area is 107 Å². The van der Waals surface area contributed by atoms with E-state index in [4.69, 9.17) is 10.5 Å². The summed E-state index contributed by atoms with van der Waals surface area (Å²) in [4.78, 5) is 4.57. The molecule has 4 heteroatoms. The van der Waals surface area contributed by atoms with Crippen molar-refractivity contribution in [2.45, 2.75) is 64.2 Å². The van der Waals surface area contributed by atoms with Gasteiger partial charge >= 0.3 is 0 Å². The highest BCUT2D eigenvalue weighted by Gasteiger charge is 2.19. The number of aryl methyl sites for hydroxylation is 1. The Balaban J connectivity index is 1.73. The minimum atomic E-state index is 0.394. The number of ether oxygens (including phenoxy) is 1. The quantitative estimate of drug-likeness (QED) is 0.879. The van der Waals surface area contributed by atoms with Gasteiger partial charge in [-0.1, -0.05) is 6.92 Å². The molecule has 3 nitrogen and oxygen atoms in total. The molecule has 0 aliphatic heterocycles. The molecule has 0 spiro atoms. The van der Waals surface area contributed by atoms with Gasteiger partial charge in [-0.15, -0.1) is 11.3 Å². The number of nitrogens with two attached hydrogens (primary N) is 1. The van der Waals surface area contributed by atoms with E-state index >= 15 is 0 Å². The van der Waals surface area contributed by atoms with Crippen LogP contribution in [0.1, 0.15) is 49.7 Å². The molecule has 0 atom stereocenters. The lowest BCUT2D eigenvalue weighted by molar-refractivity contribution is 0.0124. The van der Waals surface area contributed by atoms with Crippen LogP contribution in [0.5, 0.6) is 0 Å². The van der Waals surface area contributed by atoms with Crippen molar-refractivity contribution < 1.29 is 4.74 Å². The average Bonchev–Trinajstić information content (AvgIpc) is 2.77. The highest BCUT2D eigenvalue weighted by atomic mass is 32.1. The Morgan fingerprint density at radius 3 is 2.88 bits per heavy atom. The second-order valence-electron chi connectivity index (χ2n) is 4.83. The zero-order chi connectivity index (χ0) is 12.1. The molecule has 2 rings (SSSR count). The Kier molecular flexibility index (Phi) is 4.95. The zero-order valence-electron chi connectivity index (χ0n) is 10.5. The first-order valence-corrected chi connectivity index (χ1v) is 7.46. The molecule has 0 bridgehead atoms. The lowest BCUT2D eigenvalue weighted by Crippen LogP contribution is -2.30. The first-order valence-electron chi connectivity index (χ1n) is 6.58. The van der Waals surface area contributed by atoms with Crippen molar-refractivity contribution in [3.8, 4) is 0 Å². The standard InChI is InChI=1S/C13H22N2OS/c1-2-3-13-15-11(9-17-13)8-16-12-6-4-10(14)5-7-12/h9-10,12H,2-8,14H2,1H3. The maximum absolute atomic E-state index is 5.90. The van der Waals surface area contributed by atoms with Crippen LogP contribution in [0.25, 0.3) is 0 Å². The SMILES string of the molecule is CCCc1nc(COC2CCC(N)CC2)cs1. The fourth-order valence-corrected chi connectivity index (χ4v) is 3.09. The summed E-state index contributed by atoms with van der Waals surface area (Å²) in [5, 5.41) is 3.36. The van der Waals surface area contributed by atoms with Crippen molar-refractivity contribution in [1.82, 2.24) is 4.98 Å². The van der Waals surface area contributed by atoms with Gasteiger partial charge in [0.15, 0.2) is 0 Å². The second-order valence-corrected chi connectivity index (χ2v) is 5.77. The lowest BCUT2D eigenvalue weighted by atomic mass is 9.94. The molecule has 0 amide bonds. The van der Waals surface area contributed by atoms with E-state index in [2.05, 4.69) is 17.3 Å². The van der Waals surface area contributed by atoms with Gasteiger partial charge in [0.05, 0.1) is 23.4 Å². The normalized spacial score (nSPS) is 25.1. The number of thiazole rings is 1. The fourth-order valence-electron chi connectivity index (χ4n) is 2.20. The van der Waals surface area contributed by atoms with Crippen molar-refractivity contribution in [3.05, 3.63) is 16.1 Å². The highest BCUT2D eigenvalue weighted by Crippen LogP contribution is 2.21. The van der Waals surface area contributed by atoms with E-state index in [0.29, 0.717) is 18.8 Å². The molecule has 2 N–H and O–H groups in total. The summed E-state index contributed by atoms with van der Waals surface area (Å²) in [6, 6.07) is 0.394. The largest absolute Gasteiger partial charge is 0.372 e. The molecule has 1 aromatic rings. The summed E-state index contributed by atoms with van der Waals surface area (Å²) in [6.07, 6.45) is 7.05. The number of aromatic nitrogens is 1. The van der Waals surface area contributed by atoms with Gasteiger partial charge in [0, 0.05) is 11.4 Å². The monoisotopic (exact) mass is 254 g/mol. The molecule has 1 aromatic heterocycles. The van der Waals surface area contributed by atoms with Gasteiger partial charge in [0.2, 0.25) is 0 Å². The first-order chi connectivity index (χ1) is 8.28. The van der Waals surface area contributed by atoms with Gasteiger partial charge in [0.25, 0.3) is 0 Å². The van der Waals surface area contributed by atoms with Gasteiger partial charge in [-0.05, 0) is 38.5 Å². The third-order valence-electron chi connectivity index (χ3n) is 3.25. The Morgan fingerprint density at radius 1 is 1.41 bits per heavy atom. The van der Waals surface area contributed by atoms with Gasteiger partial charge in [-0.3, -0.25) is 0 Å². The molecular weight excluding hydrogens is 232 g/mol. The molecule has 17 heavy (non-hydrogen) atoms. The summed E-state index contributed by atoms with van der Waals surface area (Å²) in [5.41, 5.74) is 6.97. The van der Waals surface area contributed by atoms with Crippen molar-refractivity contribution in [2.75, 3.05) is 0 Å². The second kappa shape index (κ2) is 6.47. The zero-order valence-corrected chi connectivity index (χ0v) is 11.3. The molecule has 0 unspecified atom stereocenters. The summed E-state index contributed by atoms with van der Waals surface area (Å²) < 4.78 is 5.90. The van der Waals surface area contributed by atoms with E-state index in [9.17, 15) is 0 Å². The smallest absolute Gasteiger partial charge is 0.0929 e. The third kappa shape index (κ3) is 4.05. The number of hydrogen-bond acceptors (Lipinski definition) is 4. The lowest BCUT2D eigenvalue weighted by Gasteiger charge is -2.25. The van der Waals surface area contributed by atoms with Crippen molar-refractivity contribution in [3.63, 3.8) is 0 Å². The predicted molar refractivity (Wildman–Crippen MR) is 71.1 cm³/mol. The van der Waals surface area contributed by atoms with E-state index in [0.717, 1.165) is 44.2 Å². The number of rotatable bonds is 5. The minimum absolute atomic E-state index is 0.394. The van der Waals surface area contributed by atoms with E-state index < -0.39 is 0 Å². The summed E-state index contributed by atoms with van der Waals surface area (Å²) >= 11 is 1.75. The molecule has 1 fully saturated rings. The molecule has 1 saturated carbocycles. The topological polar surface area (TPSA) is 48.1 Å². The molecule has 0 aromatic carbocycles. The van der Waals surface area contributed by atoms with Crippen LogP contribution in [0.15, 0.2) is 5.38 Å². The van der Waals surface area contributed by atoms with Gasteiger partial charge in [0.1, 0.15) is 0 Å². The van der Waals surface area contributed by atoms with E-state index in [1.807, 2.05) is 0 Å². The fraction of sp³-hybridized carbons (Fsp3) is 0.769. The van der Waals surface area contributed by atoms with Crippen LogP contribution in [0.3, 0.4) is 0 Å². The van der Waals surface area contributed by atoms with Crippen LogP contribution in [0, 0.1) is 0 Å². The molecule has 0 saturated heterocycles. The highest BCUT2D eigenvalue weighted by molar-refractivity contribution is 7.09. The van der Waals surface area contributed by atoms with Crippen LogP contribution in [-0.2, 0) is 17.8 Å². The maximum atomic E-state index is 5.90. The van der Waals surface area contributed by atoms with Crippen molar-refractivity contribution in [1.29, 1.82) is 0 Å². The van der Waals surface area contributed by atoms with E-state index in [-0.39, 0.29) is 0 Å². The van der Waals surface area contributed by atoms with Crippen molar-refractivity contribution in [2.24, 2.45) is 5.73 Å². The minimum Gasteiger partial charge on any atom is -0.372 e. The molecule has 96 valence electrons. The van der Waals surface area contributed by atoms with Gasteiger partial charge in [-0.25, -0.2) is 4.98 Å². The van der Waals surface area contributed by atoms with Gasteiger partial charge < -0.3 is 10.5 Å². The van der Waals surface area contributed by atoms with Crippen LogP contribution in [0.2, 0.25) is 0 Å². The molecule has 0 radical (unpaired) electrons. The van der Waals surface area contributed by atoms with Crippen LogP contribution < -0.4 is 5.73 Å². The van der Waals surface area contributed by atoms with Crippen LogP contribution >= 0.6 is 11.3 Å². The molecule has 1 heterocycles. The maximum Gasteiger partial charge on any atom is 0.0929 e. The Hall–Kier alpha value is -0.450. The van der Waals surface area contributed by atoms with Crippen LogP contribution in [0.4, 0.5) is 0 Å². The third-order valence-corrected chi connectivity index (χ3v) is 4.21.